The number of rotatable bonds is 2. The number of hydrogen-bond acceptors (Lipinski definition) is 3. The van der Waals surface area contributed by atoms with Gasteiger partial charge in [0.05, 0.1) is 11.7 Å². The summed E-state index contributed by atoms with van der Waals surface area (Å²) in [5, 5.41) is 18.5. The Morgan fingerprint density at radius 2 is 2.11 bits per heavy atom. The number of aliphatic hydroxyl groups is 1. The van der Waals surface area contributed by atoms with Crippen LogP contribution < -0.4 is 4.90 Å². The Kier molecular flexibility index (Phi) is 4.26. The van der Waals surface area contributed by atoms with Gasteiger partial charge in [-0.15, -0.1) is 0 Å². The third kappa shape index (κ3) is 2.85. The zero-order chi connectivity index (χ0) is 13.1. The van der Waals surface area contributed by atoms with Gasteiger partial charge >= 0.3 is 0 Å². The zero-order valence-corrected chi connectivity index (χ0v) is 12.0. The van der Waals surface area contributed by atoms with E-state index in [4.69, 9.17) is 5.26 Å². The average molecular weight is 309 g/mol. The van der Waals surface area contributed by atoms with Crippen LogP contribution in [-0.2, 0) is 0 Å². The van der Waals surface area contributed by atoms with Crippen molar-refractivity contribution >= 4 is 21.6 Å². The molecular formula is C14H17BrN2O. The van der Waals surface area contributed by atoms with Gasteiger partial charge in [-0.05, 0) is 59.8 Å². The van der Waals surface area contributed by atoms with Gasteiger partial charge in [0.1, 0.15) is 6.07 Å². The zero-order valence-electron chi connectivity index (χ0n) is 10.4. The van der Waals surface area contributed by atoms with Gasteiger partial charge in [-0.1, -0.05) is 0 Å². The van der Waals surface area contributed by atoms with Crippen LogP contribution in [0.5, 0.6) is 0 Å². The number of benzene rings is 1. The maximum absolute atomic E-state index is 9.58. The highest BCUT2D eigenvalue weighted by molar-refractivity contribution is 9.10. The predicted molar refractivity (Wildman–Crippen MR) is 75.5 cm³/mol. The Labute approximate surface area is 116 Å². The SMILES string of the molecule is CC(O)C1CCN(c2ccc(C#N)c(Br)c2)CC1. The summed E-state index contributed by atoms with van der Waals surface area (Å²) in [6.07, 6.45) is 1.84. The highest BCUT2D eigenvalue weighted by atomic mass is 79.9. The van der Waals surface area contributed by atoms with E-state index in [2.05, 4.69) is 26.9 Å². The molecule has 1 heterocycles. The second-order valence-electron chi connectivity index (χ2n) is 4.84. The van der Waals surface area contributed by atoms with Crippen LogP contribution in [0.2, 0.25) is 0 Å². The van der Waals surface area contributed by atoms with E-state index in [1.165, 1.54) is 0 Å². The van der Waals surface area contributed by atoms with Crippen LogP contribution in [0.1, 0.15) is 25.3 Å². The van der Waals surface area contributed by atoms with E-state index in [0.29, 0.717) is 11.5 Å². The van der Waals surface area contributed by atoms with Crippen LogP contribution in [0.4, 0.5) is 5.69 Å². The van der Waals surface area contributed by atoms with E-state index in [9.17, 15) is 5.11 Å². The van der Waals surface area contributed by atoms with Crippen molar-refractivity contribution < 1.29 is 5.11 Å². The first kappa shape index (κ1) is 13.4. The molecule has 0 amide bonds. The van der Waals surface area contributed by atoms with Crippen molar-refractivity contribution in [1.29, 1.82) is 5.26 Å². The highest BCUT2D eigenvalue weighted by Gasteiger charge is 2.22. The Morgan fingerprint density at radius 3 is 2.61 bits per heavy atom. The van der Waals surface area contributed by atoms with Gasteiger partial charge in [0.2, 0.25) is 0 Å². The molecule has 0 radical (unpaired) electrons. The van der Waals surface area contributed by atoms with Gasteiger partial charge < -0.3 is 10.0 Å². The molecule has 2 rings (SSSR count). The molecule has 0 aromatic heterocycles. The molecule has 1 aliphatic rings. The van der Waals surface area contributed by atoms with Crippen molar-refractivity contribution in [2.45, 2.75) is 25.9 Å². The van der Waals surface area contributed by atoms with Gasteiger partial charge in [-0.25, -0.2) is 0 Å². The van der Waals surface area contributed by atoms with Gasteiger partial charge in [0.25, 0.3) is 0 Å². The van der Waals surface area contributed by atoms with Gasteiger partial charge in [0.15, 0.2) is 0 Å². The molecule has 18 heavy (non-hydrogen) atoms. The van der Waals surface area contributed by atoms with Crippen LogP contribution >= 0.6 is 15.9 Å². The van der Waals surface area contributed by atoms with Crippen molar-refractivity contribution in [3.63, 3.8) is 0 Å². The molecule has 0 saturated carbocycles. The molecule has 1 aromatic rings. The van der Waals surface area contributed by atoms with Crippen LogP contribution in [0.25, 0.3) is 0 Å². The maximum atomic E-state index is 9.58. The Hall–Kier alpha value is -1.05. The summed E-state index contributed by atoms with van der Waals surface area (Å²) < 4.78 is 0.847. The van der Waals surface area contributed by atoms with Crippen molar-refractivity contribution in [1.82, 2.24) is 0 Å². The lowest BCUT2D eigenvalue weighted by molar-refractivity contribution is 0.110. The minimum atomic E-state index is -0.208. The molecule has 0 spiro atoms. The molecule has 0 bridgehead atoms. The van der Waals surface area contributed by atoms with Crippen LogP contribution in [-0.4, -0.2) is 24.3 Å². The molecule has 1 atom stereocenters. The lowest BCUT2D eigenvalue weighted by atomic mass is 9.92. The van der Waals surface area contributed by atoms with Crippen molar-refractivity contribution in [2.75, 3.05) is 18.0 Å². The van der Waals surface area contributed by atoms with E-state index < -0.39 is 0 Å². The van der Waals surface area contributed by atoms with Gasteiger partial charge in [0, 0.05) is 23.2 Å². The lowest BCUT2D eigenvalue weighted by Crippen LogP contribution is -2.37. The normalized spacial score (nSPS) is 18.4. The number of nitriles is 1. The second kappa shape index (κ2) is 5.73. The molecule has 1 saturated heterocycles. The average Bonchev–Trinajstić information content (AvgIpc) is 2.38. The summed E-state index contributed by atoms with van der Waals surface area (Å²) in [6, 6.07) is 7.99. The van der Waals surface area contributed by atoms with E-state index in [1.807, 2.05) is 25.1 Å². The lowest BCUT2D eigenvalue weighted by Gasteiger charge is -2.34. The molecule has 0 aliphatic carbocycles. The maximum Gasteiger partial charge on any atom is 0.100 e. The van der Waals surface area contributed by atoms with Gasteiger partial charge in [-0.3, -0.25) is 0 Å². The van der Waals surface area contributed by atoms with E-state index >= 15 is 0 Å². The van der Waals surface area contributed by atoms with Crippen molar-refractivity contribution in [2.24, 2.45) is 5.92 Å². The summed E-state index contributed by atoms with van der Waals surface area (Å²) in [5.74, 6) is 0.420. The summed E-state index contributed by atoms with van der Waals surface area (Å²) in [5.41, 5.74) is 1.81. The van der Waals surface area contributed by atoms with Crippen molar-refractivity contribution in [3.05, 3.63) is 28.2 Å². The molecule has 1 N–H and O–H groups in total. The number of halogens is 1. The highest BCUT2D eigenvalue weighted by Crippen LogP contribution is 2.28. The summed E-state index contributed by atoms with van der Waals surface area (Å²) in [4.78, 5) is 2.31. The van der Waals surface area contributed by atoms with Crippen molar-refractivity contribution in [3.8, 4) is 6.07 Å². The van der Waals surface area contributed by atoms with E-state index in [-0.39, 0.29) is 6.10 Å². The topological polar surface area (TPSA) is 47.3 Å². The molecule has 1 aliphatic heterocycles. The third-order valence-electron chi connectivity index (χ3n) is 3.66. The third-order valence-corrected chi connectivity index (χ3v) is 4.32. The fourth-order valence-corrected chi connectivity index (χ4v) is 2.89. The number of aliphatic hydroxyl groups excluding tert-OH is 1. The standard InChI is InChI=1S/C14H17BrN2O/c1-10(18)11-4-6-17(7-5-11)13-3-2-12(9-16)14(15)8-13/h2-3,8,10-11,18H,4-7H2,1H3. The quantitative estimate of drug-likeness (QED) is 0.914. The Bertz CT molecular complexity index is 459. The number of hydrogen-bond donors (Lipinski definition) is 1. The summed E-state index contributed by atoms with van der Waals surface area (Å²) >= 11 is 3.42. The number of piperidine rings is 1. The monoisotopic (exact) mass is 308 g/mol. The minimum absolute atomic E-state index is 0.208. The molecule has 3 nitrogen and oxygen atoms in total. The fraction of sp³-hybridized carbons (Fsp3) is 0.500. The smallest absolute Gasteiger partial charge is 0.100 e. The van der Waals surface area contributed by atoms with Crippen LogP contribution in [0.15, 0.2) is 22.7 Å². The number of nitrogens with zero attached hydrogens (tertiary/aromatic N) is 2. The first-order chi connectivity index (χ1) is 8.61. The molecule has 1 unspecified atom stereocenters. The molecule has 96 valence electrons. The van der Waals surface area contributed by atoms with Crippen LogP contribution in [0, 0.1) is 17.2 Å². The Morgan fingerprint density at radius 1 is 1.44 bits per heavy atom. The van der Waals surface area contributed by atoms with E-state index in [0.717, 1.165) is 36.1 Å². The first-order valence-electron chi connectivity index (χ1n) is 6.24. The fourth-order valence-electron chi connectivity index (χ4n) is 2.43. The summed E-state index contributed by atoms with van der Waals surface area (Å²) in [7, 11) is 0. The Balaban J connectivity index is 2.06. The predicted octanol–water partition coefficient (Wildman–Crippen LogP) is 2.92. The van der Waals surface area contributed by atoms with Crippen LogP contribution in [0.3, 0.4) is 0 Å². The first-order valence-corrected chi connectivity index (χ1v) is 7.04. The molecular weight excluding hydrogens is 292 g/mol. The number of anilines is 1. The summed E-state index contributed by atoms with van der Waals surface area (Å²) in [6.45, 7) is 3.81. The second-order valence-corrected chi connectivity index (χ2v) is 5.70. The van der Waals surface area contributed by atoms with E-state index in [1.54, 1.807) is 0 Å². The molecule has 1 aromatic carbocycles. The largest absolute Gasteiger partial charge is 0.393 e. The van der Waals surface area contributed by atoms with Gasteiger partial charge in [-0.2, -0.15) is 5.26 Å². The molecule has 1 fully saturated rings. The molecule has 4 heteroatoms. The minimum Gasteiger partial charge on any atom is -0.393 e.